The van der Waals surface area contributed by atoms with Gasteiger partial charge in [0.15, 0.2) is 0 Å². The number of anilines is 1. The lowest BCUT2D eigenvalue weighted by Gasteiger charge is -2.28. The molecule has 4 nitrogen and oxygen atoms in total. The zero-order chi connectivity index (χ0) is 13.0. The van der Waals surface area contributed by atoms with Crippen LogP contribution in [0, 0.1) is 5.92 Å². The van der Waals surface area contributed by atoms with E-state index in [9.17, 15) is 0 Å². The monoisotopic (exact) mass is 249 g/mol. The molecule has 0 amide bonds. The van der Waals surface area contributed by atoms with Crippen LogP contribution in [-0.4, -0.2) is 36.2 Å². The predicted molar refractivity (Wildman–Crippen MR) is 73.1 cm³/mol. The Labute approximate surface area is 109 Å². The topological polar surface area (TPSA) is 51.4 Å². The third kappa shape index (κ3) is 3.68. The van der Waals surface area contributed by atoms with Crippen LogP contribution in [-0.2, 0) is 11.3 Å². The van der Waals surface area contributed by atoms with Gasteiger partial charge in [-0.1, -0.05) is 6.07 Å². The Hall–Kier alpha value is -1.13. The molecule has 0 saturated heterocycles. The van der Waals surface area contributed by atoms with Crippen LogP contribution in [0.1, 0.15) is 25.5 Å². The number of ether oxygens (including phenoxy) is 1. The van der Waals surface area contributed by atoms with Crippen LogP contribution in [0.25, 0.3) is 0 Å². The summed E-state index contributed by atoms with van der Waals surface area (Å²) < 4.78 is 5.20. The Morgan fingerprint density at radius 1 is 1.50 bits per heavy atom. The number of nitrogens with zero attached hydrogens (tertiary/aromatic N) is 2. The van der Waals surface area contributed by atoms with Gasteiger partial charge >= 0.3 is 0 Å². The molecule has 4 heteroatoms. The van der Waals surface area contributed by atoms with Gasteiger partial charge in [-0.3, -0.25) is 4.90 Å². The summed E-state index contributed by atoms with van der Waals surface area (Å²) in [6, 6.07) is 6.43. The lowest BCUT2D eigenvalue weighted by atomic mass is 10.1. The van der Waals surface area contributed by atoms with Gasteiger partial charge in [0.2, 0.25) is 0 Å². The van der Waals surface area contributed by atoms with Crippen molar-refractivity contribution in [3.05, 3.63) is 23.9 Å². The Bertz CT molecular complexity index is 379. The van der Waals surface area contributed by atoms with Crippen molar-refractivity contribution in [3.8, 4) is 0 Å². The van der Waals surface area contributed by atoms with E-state index in [1.54, 1.807) is 7.11 Å². The largest absolute Gasteiger partial charge is 0.384 e. The van der Waals surface area contributed by atoms with Gasteiger partial charge in [-0.15, -0.1) is 0 Å². The van der Waals surface area contributed by atoms with Crippen LogP contribution in [0.4, 0.5) is 5.82 Å². The van der Waals surface area contributed by atoms with Crippen molar-refractivity contribution in [2.45, 2.75) is 32.4 Å². The fourth-order valence-corrected chi connectivity index (χ4v) is 2.31. The lowest BCUT2D eigenvalue weighted by Crippen LogP contribution is -2.36. The molecule has 1 fully saturated rings. The molecule has 1 aromatic heterocycles. The van der Waals surface area contributed by atoms with Crippen LogP contribution < -0.4 is 5.73 Å². The third-order valence-electron chi connectivity index (χ3n) is 3.66. The first-order chi connectivity index (χ1) is 8.70. The van der Waals surface area contributed by atoms with Gasteiger partial charge in [-0.2, -0.15) is 0 Å². The minimum absolute atomic E-state index is 0.596. The molecule has 1 atom stereocenters. The molecule has 0 radical (unpaired) electrons. The van der Waals surface area contributed by atoms with E-state index < -0.39 is 0 Å². The van der Waals surface area contributed by atoms with Crippen molar-refractivity contribution >= 4 is 5.82 Å². The summed E-state index contributed by atoms with van der Waals surface area (Å²) in [5.74, 6) is 1.45. The second-order valence-electron chi connectivity index (χ2n) is 5.10. The molecule has 1 aliphatic carbocycles. The summed E-state index contributed by atoms with van der Waals surface area (Å²) >= 11 is 0. The van der Waals surface area contributed by atoms with Crippen LogP contribution in [0.3, 0.4) is 0 Å². The smallest absolute Gasteiger partial charge is 0.123 e. The second kappa shape index (κ2) is 6.16. The molecule has 18 heavy (non-hydrogen) atoms. The van der Waals surface area contributed by atoms with Gasteiger partial charge in [-0.25, -0.2) is 4.98 Å². The van der Waals surface area contributed by atoms with E-state index in [0.717, 1.165) is 31.3 Å². The SMILES string of the molecule is COCCN(Cc1cccc(N)n1)C(C)C1CC1. The quantitative estimate of drug-likeness (QED) is 0.802. The van der Waals surface area contributed by atoms with Crippen molar-refractivity contribution in [2.75, 3.05) is 26.0 Å². The molecule has 1 saturated carbocycles. The Balaban J connectivity index is 1.99. The Morgan fingerprint density at radius 2 is 2.28 bits per heavy atom. The number of rotatable bonds is 7. The highest BCUT2D eigenvalue weighted by molar-refractivity contribution is 5.28. The van der Waals surface area contributed by atoms with E-state index >= 15 is 0 Å². The molecule has 0 aromatic carbocycles. The number of hydrogen-bond donors (Lipinski definition) is 1. The number of hydrogen-bond acceptors (Lipinski definition) is 4. The number of nitrogens with two attached hydrogens (primary N) is 1. The van der Waals surface area contributed by atoms with Gasteiger partial charge in [0, 0.05) is 26.2 Å². The molecule has 1 unspecified atom stereocenters. The highest BCUT2D eigenvalue weighted by atomic mass is 16.5. The van der Waals surface area contributed by atoms with E-state index in [0.29, 0.717) is 11.9 Å². The van der Waals surface area contributed by atoms with Crippen molar-refractivity contribution < 1.29 is 4.74 Å². The standard InChI is InChI=1S/C14H23N3O/c1-11(12-6-7-12)17(8-9-18-2)10-13-4-3-5-14(15)16-13/h3-5,11-12H,6-10H2,1-2H3,(H2,15,16). The van der Waals surface area contributed by atoms with Crippen molar-refractivity contribution in [1.82, 2.24) is 9.88 Å². The fraction of sp³-hybridized carbons (Fsp3) is 0.643. The summed E-state index contributed by atoms with van der Waals surface area (Å²) in [5, 5.41) is 0. The normalized spacial score (nSPS) is 17.1. The van der Waals surface area contributed by atoms with Crippen LogP contribution in [0.2, 0.25) is 0 Å². The lowest BCUT2D eigenvalue weighted by molar-refractivity contribution is 0.111. The van der Waals surface area contributed by atoms with E-state index in [1.807, 2.05) is 18.2 Å². The fourth-order valence-electron chi connectivity index (χ4n) is 2.31. The highest BCUT2D eigenvalue weighted by Gasteiger charge is 2.31. The summed E-state index contributed by atoms with van der Waals surface area (Å²) in [7, 11) is 1.75. The Kier molecular flexibility index (Phi) is 4.55. The number of aromatic nitrogens is 1. The van der Waals surface area contributed by atoms with E-state index in [2.05, 4.69) is 16.8 Å². The summed E-state index contributed by atoms with van der Waals surface area (Å²) in [6.07, 6.45) is 2.71. The molecule has 100 valence electrons. The van der Waals surface area contributed by atoms with Gasteiger partial charge < -0.3 is 10.5 Å². The van der Waals surface area contributed by atoms with Gasteiger partial charge in [0.25, 0.3) is 0 Å². The minimum Gasteiger partial charge on any atom is -0.384 e. The van der Waals surface area contributed by atoms with Crippen LogP contribution in [0.5, 0.6) is 0 Å². The molecular weight excluding hydrogens is 226 g/mol. The molecule has 2 N–H and O–H groups in total. The summed E-state index contributed by atoms with van der Waals surface area (Å²) in [6.45, 7) is 4.87. The summed E-state index contributed by atoms with van der Waals surface area (Å²) in [5.41, 5.74) is 6.77. The van der Waals surface area contributed by atoms with Crippen molar-refractivity contribution in [2.24, 2.45) is 5.92 Å². The first-order valence-corrected chi connectivity index (χ1v) is 6.65. The third-order valence-corrected chi connectivity index (χ3v) is 3.66. The molecule has 1 aliphatic rings. The van der Waals surface area contributed by atoms with E-state index in [-0.39, 0.29) is 0 Å². The first kappa shape index (κ1) is 13.3. The maximum Gasteiger partial charge on any atom is 0.123 e. The molecule has 1 heterocycles. The zero-order valence-electron chi connectivity index (χ0n) is 11.3. The maximum atomic E-state index is 5.73. The van der Waals surface area contributed by atoms with Gasteiger partial charge in [-0.05, 0) is 37.8 Å². The minimum atomic E-state index is 0.596. The average Bonchev–Trinajstić information content (AvgIpc) is 3.18. The Morgan fingerprint density at radius 3 is 2.89 bits per heavy atom. The van der Waals surface area contributed by atoms with Gasteiger partial charge in [0.1, 0.15) is 5.82 Å². The molecule has 0 bridgehead atoms. The number of nitrogen functional groups attached to an aromatic ring is 1. The van der Waals surface area contributed by atoms with Crippen molar-refractivity contribution in [3.63, 3.8) is 0 Å². The van der Waals surface area contributed by atoms with E-state index in [4.69, 9.17) is 10.5 Å². The average molecular weight is 249 g/mol. The van der Waals surface area contributed by atoms with Gasteiger partial charge in [0.05, 0.1) is 12.3 Å². The van der Waals surface area contributed by atoms with Crippen molar-refractivity contribution in [1.29, 1.82) is 0 Å². The molecular formula is C14H23N3O. The van der Waals surface area contributed by atoms with E-state index in [1.165, 1.54) is 12.8 Å². The maximum absolute atomic E-state index is 5.73. The molecule has 0 spiro atoms. The molecule has 2 rings (SSSR count). The zero-order valence-corrected chi connectivity index (χ0v) is 11.3. The number of pyridine rings is 1. The summed E-state index contributed by atoms with van der Waals surface area (Å²) in [4.78, 5) is 6.83. The second-order valence-corrected chi connectivity index (χ2v) is 5.10. The molecule has 1 aromatic rings. The molecule has 0 aliphatic heterocycles. The number of methoxy groups -OCH3 is 1. The van der Waals surface area contributed by atoms with Crippen LogP contribution >= 0.6 is 0 Å². The predicted octanol–water partition coefficient (Wildman–Crippen LogP) is 1.91. The van der Waals surface area contributed by atoms with Crippen LogP contribution in [0.15, 0.2) is 18.2 Å². The highest BCUT2D eigenvalue weighted by Crippen LogP contribution is 2.35. The first-order valence-electron chi connectivity index (χ1n) is 6.65.